The zero-order chi connectivity index (χ0) is 17.2. The van der Waals surface area contributed by atoms with Gasteiger partial charge in [-0.15, -0.1) is 21.5 Å². The summed E-state index contributed by atoms with van der Waals surface area (Å²) in [7, 11) is 0. The molecular formula is C18H14N4OS2. The number of para-hydroxylation sites is 1. The van der Waals surface area contributed by atoms with Crippen molar-refractivity contribution in [1.29, 1.82) is 0 Å². The molecule has 25 heavy (non-hydrogen) atoms. The predicted octanol–water partition coefficient (Wildman–Crippen LogP) is 4.30. The number of aryl methyl sites for hydroxylation is 1. The number of thiazole rings is 1. The van der Waals surface area contributed by atoms with E-state index < -0.39 is 0 Å². The Morgan fingerprint density at radius 1 is 1.00 bits per heavy atom. The summed E-state index contributed by atoms with van der Waals surface area (Å²) in [6.45, 7) is 1.91. The highest BCUT2D eigenvalue weighted by atomic mass is 32.1. The average Bonchev–Trinajstić information content (AvgIpc) is 3.21. The zero-order valence-corrected chi connectivity index (χ0v) is 15.0. The lowest BCUT2D eigenvalue weighted by atomic mass is 10.1. The first-order valence-electron chi connectivity index (χ1n) is 7.73. The minimum absolute atomic E-state index is 0.166. The molecule has 1 N–H and O–H groups in total. The number of hydrogen-bond acceptors (Lipinski definition) is 6. The highest BCUT2D eigenvalue weighted by Crippen LogP contribution is 2.25. The van der Waals surface area contributed by atoms with E-state index in [1.165, 1.54) is 11.3 Å². The van der Waals surface area contributed by atoms with E-state index in [0.717, 1.165) is 25.8 Å². The van der Waals surface area contributed by atoms with Crippen LogP contribution >= 0.6 is 22.7 Å². The van der Waals surface area contributed by atoms with Gasteiger partial charge in [0.15, 0.2) is 0 Å². The molecule has 0 aliphatic rings. The van der Waals surface area contributed by atoms with Crippen molar-refractivity contribution >= 4 is 43.9 Å². The van der Waals surface area contributed by atoms with Crippen LogP contribution in [-0.2, 0) is 6.42 Å². The second-order valence-electron chi connectivity index (χ2n) is 5.52. The van der Waals surface area contributed by atoms with Crippen molar-refractivity contribution in [3.05, 3.63) is 69.7 Å². The van der Waals surface area contributed by atoms with Crippen LogP contribution in [0.4, 0.5) is 5.13 Å². The maximum absolute atomic E-state index is 12.3. The molecule has 0 aliphatic heterocycles. The number of carbonyl (C=O) groups is 1. The molecule has 4 aromatic rings. The highest BCUT2D eigenvalue weighted by molar-refractivity contribution is 7.19. The molecule has 0 fully saturated rings. The third kappa shape index (κ3) is 3.42. The molecule has 1 amide bonds. The molecule has 2 aromatic carbocycles. The fraction of sp³-hybridized carbons (Fsp3) is 0.111. The van der Waals surface area contributed by atoms with Crippen LogP contribution in [0.2, 0.25) is 0 Å². The minimum Gasteiger partial charge on any atom is -0.296 e. The molecule has 0 spiro atoms. The molecular weight excluding hydrogens is 352 g/mol. The van der Waals surface area contributed by atoms with Crippen LogP contribution in [0.5, 0.6) is 0 Å². The van der Waals surface area contributed by atoms with Gasteiger partial charge in [0, 0.05) is 5.56 Å². The molecule has 124 valence electrons. The zero-order valence-electron chi connectivity index (χ0n) is 13.4. The monoisotopic (exact) mass is 366 g/mol. The van der Waals surface area contributed by atoms with Crippen molar-refractivity contribution in [2.75, 3.05) is 5.32 Å². The van der Waals surface area contributed by atoms with Crippen molar-refractivity contribution in [2.24, 2.45) is 0 Å². The first-order valence-corrected chi connectivity index (χ1v) is 9.36. The van der Waals surface area contributed by atoms with Crippen LogP contribution in [0.25, 0.3) is 10.2 Å². The summed E-state index contributed by atoms with van der Waals surface area (Å²) in [6.07, 6.45) is 0.622. The third-order valence-electron chi connectivity index (χ3n) is 3.72. The number of nitrogens with one attached hydrogen (secondary N) is 1. The topological polar surface area (TPSA) is 67.8 Å². The molecule has 0 saturated carbocycles. The number of amides is 1. The molecule has 2 heterocycles. The molecule has 4 rings (SSSR count). The second kappa shape index (κ2) is 6.70. The lowest BCUT2D eigenvalue weighted by Crippen LogP contribution is -2.12. The van der Waals surface area contributed by atoms with Gasteiger partial charge in [-0.3, -0.25) is 10.1 Å². The van der Waals surface area contributed by atoms with E-state index in [2.05, 4.69) is 26.6 Å². The molecule has 0 radical (unpaired) electrons. The molecule has 0 saturated heterocycles. The van der Waals surface area contributed by atoms with Crippen molar-refractivity contribution in [2.45, 2.75) is 13.3 Å². The van der Waals surface area contributed by atoms with Gasteiger partial charge in [0.1, 0.15) is 10.0 Å². The van der Waals surface area contributed by atoms with Crippen molar-refractivity contribution < 1.29 is 4.79 Å². The number of fused-ring (bicyclic) bond motifs is 1. The van der Waals surface area contributed by atoms with Crippen LogP contribution in [0.1, 0.15) is 25.9 Å². The summed E-state index contributed by atoms with van der Waals surface area (Å²) in [5.74, 6) is -0.166. The van der Waals surface area contributed by atoms with E-state index in [0.29, 0.717) is 17.1 Å². The number of nitrogens with zero attached hydrogens (tertiary/aromatic N) is 3. The average molecular weight is 366 g/mol. The number of rotatable bonds is 4. The highest BCUT2D eigenvalue weighted by Gasteiger charge is 2.13. The van der Waals surface area contributed by atoms with Gasteiger partial charge >= 0.3 is 0 Å². The minimum atomic E-state index is -0.166. The van der Waals surface area contributed by atoms with Gasteiger partial charge < -0.3 is 0 Å². The van der Waals surface area contributed by atoms with Gasteiger partial charge in [-0.05, 0) is 30.7 Å². The van der Waals surface area contributed by atoms with E-state index >= 15 is 0 Å². The Kier molecular flexibility index (Phi) is 4.25. The van der Waals surface area contributed by atoms with E-state index in [1.54, 1.807) is 17.4 Å². The standard InChI is InChI=1S/C18H14N4OS2/c1-11-6-2-3-7-12(11)17(23)20-18-22-21-16(25-18)10-15-19-13-8-4-5-9-14(13)24-15/h2-9H,10H2,1H3,(H,20,22,23). The van der Waals surface area contributed by atoms with Crippen LogP contribution in [0, 0.1) is 6.92 Å². The molecule has 5 nitrogen and oxygen atoms in total. The summed E-state index contributed by atoms with van der Waals surface area (Å²) in [5.41, 5.74) is 2.57. The van der Waals surface area contributed by atoms with Crippen LogP contribution in [0.15, 0.2) is 48.5 Å². The lowest BCUT2D eigenvalue weighted by Gasteiger charge is -2.03. The maximum atomic E-state index is 12.3. The van der Waals surface area contributed by atoms with E-state index in [-0.39, 0.29) is 5.91 Å². The molecule has 2 aromatic heterocycles. The van der Waals surface area contributed by atoms with E-state index in [1.807, 2.05) is 43.3 Å². The maximum Gasteiger partial charge on any atom is 0.257 e. The Morgan fingerprint density at radius 3 is 2.64 bits per heavy atom. The summed E-state index contributed by atoms with van der Waals surface area (Å²) in [6, 6.07) is 15.5. The Balaban J connectivity index is 1.48. The molecule has 0 bridgehead atoms. The fourth-order valence-corrected chi connectivity index (χ4v) is 4.29. The van der Waals surface area contributed by atoms with Gasteiger partial charge in [-0.1, -0.05) is 41.7 Å². The van der Waals surface area contributed by atoms with Crippen molar-refractivity contribution in [3.63, 3.8) is 0 Å². The van der Waals surface area contributed by atoms with Gasteiger partial charge in [0.05, 0.1) is 16.6 Å². The predicted molar refractivity (Wildman–Crippen MR) is 101 cm³/mol. The van der Waals surface area contributed by atoms with Gasteiger partial charge in [-0.2, -0.15) is 0 Å². The van der Waals surface area contributed by atoms with E-state index in [9.17, 15) is 4.79 Å². The summed E-state index contributed by atoms with van der Waals surface area (Å²) in [5, 5.41) is 13.4. The normalized spacial score (nSPS) is 10.9. The Labute approximate surface area is 152 Å². The van der Waals surface area contributed by atoms with E-state index in [4.69, 9.17) is 0 Å². The number of hydrogen-bond donors (Lipinski definition) is 1. The quantitative estimate of drug-likeness (QED) is 0.585. The number of carbonyl (C=O) groups excluding carboxylic acids is 1. The summed E-state index contributed by atoms with van der Waals surface area (Å²) >= 11 is 3.03. The van der Waals surface area contributed by atoms with Gasteiger partial charge in [0.25, 0.3) is 5.91 Å². The fourth-order valence-electron chi connectivity index (χ4n) is 2.49. The smallest absolute Gasteiger partial charge is 0.257 e. The first-order chi connectivity index (χ1) is 12.2. The van der Waals surface area contributed by atoms with Crippen LogP contribution < -0.4 is 5.32 Å². The Morgan fingerprint density at radius 2 is 1.80 bits per heavy atom. The van der Waals surface area contributed by atoms with Crippen LogP contribution in [0.3, 0.4) is 0 Å². The largest absolute Gasteiger partial charge is 0.296 e. The molecule has 0 atom stereocenters. The molecule has 7 heteroatoms. The van der Waals surface area contributed by atoms with Gasteiger partial charge in [-0.25, -0.2) is 4.98 Å². The SMILES string of the molecule is Cc1ccccc1C(=O)Nc1nnc(Cc2nc3ccccc3s2)s1. The molecule has 0 unspecified atom stereocenters. The number of benzene rings is 2. The number of aromatic nitrogens is 3. The summed E-state index contributed by atoms with van der Waals surface area (Å²) < 4.78 is 1.16. The van der Waals surface area contributed by atoms with Gasteiger partial charge in [0.2, 0.25) is 5.13 Å². The summed E-state index contributed by atoms with van der Waals surface area (Å²) in [4.78, 5) is 16.9. The Bertz CT molecular complexity index is 1020. The Hall–Kier alpha value is -2.64. The van der Waals surface area contributed by atoms with Crippen molar-refractivity contribution in [1.82, 2.24) is 15.2 Å². The molecule has 0 aliphatic carbocycles. The lowest BCUT2D eigenvalue weighted by molar-refractivity contribution is 0.102. The van der Waals surface area contributed by atoms with Crippen LogP contribution in [-0.4, -0.2) is 21.1 Å². The second-order valence-corrected chi connectivity index (χ2v) is 7.70. The number of anilines is 1. The third-order valence-corrected chi connectivity index (χ3v) is 5.59. The first kappa shape index (κ1) is 15.9. The van der Waals surface area contributed by atoms with Crippen molar-refractivity contribution in [3.8, 4) is 0 Å².